The minimum absolute atomic E-state index is 0.170. The highest BCUT2D eigenvalue weighted by molar-refractivity contribution is 6.11. The summed E-state index contributed by atoms with van der Waals surface area (Å²) in [5.74, 6) is -3.60. The number of hydrogen-bond acceptors (Lipinski definition) is 5. The van der Waals surface area contributed by atoms with E-state index in [-0.39, 0.29) is 36.8 Å². The Morgan fingerprint density at radius 1 is 1.08 bits per heavy atom. The minimum Gasteiger partial charge on any atom is -0.337 e. The van der Waals surface area contributed by atoms with Gasteiger partial charge in [0.1, 0.15) is 12.4 Å². The van der Waals surface area contributed by atoms with Crippen LogP contribution in [0.15, 0.2) is 42.5 Å². The minimum atomic E-state index is -4.54. The van der Waals surface area contributed by atoms with Crippen molar-refractivity contribution in [2.45, 2.75) is 25.2 Å². The lowest BCUT2D eigenvalue weighted by atomic mass is 9.83. The van der Waals surface area contributed by atoms with E-state index in [1.807, 2.05) is 0 Å². The average Bonchev–Trinajstić information content (AvgIpc) is 2.79. The van der Waals surface area contributed by atoms with Gasteiger partial charge < -0.3 is 9.80 Å². The lowest BCUT2D eigenvalue weighted by molar-refractivity contribution is -0.169. The molecule has 0 radical (unpaired) electrons. The highest BCUT2D eigenvalue weighted by Gasteiger charge is 2.60. The SMILES string of the molecule is CC(=O)N1CC2(C1)C(=O)N(c1ccc(C(=O)NO)cc1F)CC(=O)N2Cc1ccc(C(F)(F)F)cc1. The lowest BCUT2D eigenvalue weighted by Gasteiger charge is -2.57. The number of halogens is 4. The first kappa shape index (κ1) is 25.1. The van der Waals surface area contributed by atoms with Crippen molar-refractivity contribution >= 4 is 29.3 Å². The number of nitrogens with zero attached hydrogens (tertiary/aromatic N) is 3. The maximum Gasteiger partial charge on any atom is 0.416 e. The van der Waals surface area contributed by atoms with Crippen LogP contribution in [-0.2, 0) is 27.1 Å². The number of hydrogen-bond donors (Lipinski definition) is 2. The number of amides is 4. The first-order chi connectivity index (χ1) is 16.9. The number of benzene rings is 2. The summed E-state index contributed by atoms with van der Waals surface area (Å²) < 4.78 is 53.6. The first-order valence-corrected chi connectivity index (χ1v) is 10.7. The highest BCUT2D eigenvalue weighted by Crippen LogP contribution is 2.38. The number of anilines is 1. The Balaban J connectivity index is 1.66. The molecule has 2 saturated heterocycles. The molecule has 0 aromatic heterocycles. The summed E-state index contributed by atoms with van der Waals surface area (Å²) in [4.78, 5) is 53.7. The number of carbonyl (C=O) groups is 4. The fraction of sp³-hybridized carbons (Fsp3) is 0.304. The molecule has 2 N–H and O–H groups in total. The molecule has 0 saturated carbocycles. The number of likely N-dealkylation sites (tertiary alicyclic amines) is 1. The predicted octanol–water partition coefficient (Wildman–Crippen LogP) is 1.94. The second-order valence-electron chi connectivity index (χ2n) is 8.58. The third-order valence-corrected chi connectivity index (χ3v) is 6.33. The number of rotatable bonds is 4. The zero-order valence-corrected chi connectivity index (χ0v) is 18.8. The topological polar surface area (TPSA) is 110 Å². The van der Waals surface area contributed by atoms with Crippen LogP contribution in [0.2, 0.25) is 0 Å². The summed E-state index contributed by atoms with van der Waals surface area (Å²) in [5.41, 5.74) is -1.21. The van der Waals surface area contributed by atoms with Gasteiger partial charge in [-0.3, -0.25) is 29.3 Å². The third-order valence-electron chi connectivity index (χ3n) is 6.33. The van der Waals surface area contributed by atoms with Gasteiger partial charge in [-0.15, -0.1) is 0 Å². The summed E-state index contributed by atoms with van der Waals surface area (Å²) in [6.07, 6.45) is -4.54. The Labute approximate surface area is 201 Å². The van der Waals surface area contributed by atoms with Crippen LogP contribution in [0.5, 0.6) is 0 Å². The van der Waals surface area contributed by atoms with Crippen LogP contribution >= 0.6 is 0 Å². The van der Waals surface area contributed by atoms with Crippen LogP contribution in [0.25, 0.3) is 0 Å². The van der Waals surface area contributed by atoms with Gasteiger partial charge in [0.25, 0.3) is 11.8 Å². The van der Waals surface area contributed by atoms with E-state index in [1.165, 1.54) is 34.3 Å². The van der Waals surface area contributed by atoms with Crippen LogP contribution in [0.3, 0.4) is 0 Å². The molecule has 13 heteroatoms. The zero-order chi connectivity index (χ0) is 26.4. The van der Waals surface area contributed by atoms with E-state index in [9.17, 15) is 36.7 Å². The number of alkyl halides is 3. The van der Waals surface area contributed by atoms with Crippen molar-refractivity contribution in [1.82, 2.24) is 15.3 Å². The number of nitrogens with one attached hydrogen (secondary N) is 1. The van der Waals surface area contributed by atoms with Crippen molar-refractivity contribution in [2.24, 2.45) is 0 Å². The second kappa shape index (κ2) is 8.90. The molecule has 2 heterocycles. The smallest absolute Gasteiger partial charge is 0.337 e. The van der Waals surface area contributed by atoms with Gasteiger partial charge in [-0.1, -0.05) is 12.1 Å². The monoisotopic (exact) mass is 508 g/mol. The van der Waals surface area contributed by atoms with Gasteiger partial charge in [0.15, 0.2) is 5.54 Å². The molecule has 9 nitrogen and oxygen atoms in total. The van der Waals surface area contributed by atoms with Crippen LogP contribution in [0.4, 0.5) is 23.2 Å². The van der Waals surface area contributed by atoms with E-state index in [1.54, 1.807) is 0 Å². The van der Waals surface area contributed by atoms with E-state index in [2.05, 4.69) is 0 Å². The van der Waals surface area contributed by atoms with E-state index >= 15 is 0 Å². The molecular weight excluding hydrogens is 488 g/mol. The van der Waals surface area contributed by atoms with E-state index < -0.39 is 47.4 Å². The summed E-state index contributed by atoms with van der Waals surface area (Å²) >= 11 is 0. The molecule has 2 aromatic rings. The average molecular weight is 508 g/mol. The van der Waals surface area contributed by atoms with Crippen molar-refractivity contribution in [3.8, 4) is 0 Å². The van der Waals surface area contributed by atoms with Gasteiger partial charge in [0, 0.05) is 19.0 Å². The van der Waals surface area contributed by atoms with Gasteiger partial charge in [-0.05, 0) is 35.9 Å². The Morgan fingerprint density at radius 2 is 1.72 bits per heavy atom. The molecule has 2 aromatic carbocycles. The van der Waals surface area contributed by atoms with Crippen molar-refractivity contribution < 1.29 is 41.9 Å². The maximum absolute atomic E-state index is 14.9. The van der Waals surface area contributed by atoms with Crippen molar-refractivity contribution in [3.63, 3.8) is 0 Å². The molecule has 4 amide bonds. The summed E-state index contributed by atoms with van der Waals surface area (Å²) in [7, 11) is 0. The standard InChI is InChI=1S/C23H20F4N4O5/c1-13(32)29-11-22(12-29)21(35)30(18-7-4-15(8-17(18)24)20(34)28-36)10-19(33)31(22)9-14-2-5-16(6-3-14)23(25,26)27/h2-8,36H,9-12H2,1H3,(H,28,34). The summed E-state index contributed by atoms with van der Waals surface area (Å²) in [6, 6.07) is 7.21. The summed E-state index contributed by atoms with van der Waals surface area (Å²) in [5, 5.41) is 8.73. The number of hydroxylamine groups is 1. The Hall–Kier alpha value is -4.00. The molecule has 0 unspecified atom stereocenters. The van der Waals surface area contributed by atoms with Crippen molar-refractivity contribution in [3.05, 3.63) is 65.0 Å². The molecule has 2 fully saturated rings. The fourth-order valence-electron chi connectivity index (χ4n) is 4.36. The zero-order valence-electron chi connectivity index (χ0n) is 18.8. The van der Waals surface area contributed by atoms with Crippen LogP contribution in [0.1, 0.15) is 28.4 Å². The quantitative estimate of drug-likeness (QED) is 0.373. The molecule has 4 rings (SSSR count). The normalized spacial score (nSPS) is 17.3. The molecule has 2 aliphatic heterocycles. The third kappa shape index (κ3) is 4.26. The van der Waals surface area contributed by atoms with Gasteiger partial charge in [0.05, 0.1) is 24.3 Å². The number of piperazine rings is 1. The molecular formula is C23H20F4N4O5. The summed E-state index contributed by atoms with van der Waals surface area (Å²) in [6.45, 7) is 0.183. The first-order valence-electron chi connectivity index (χ1n) is 10.7. The molecule has 1 spiro atoms. The van der Waals surface area contributed by atoms with E-state index in [4.69, 9.17) is 5.21 Å². The van der Waals surface area contributed by atoms with Crippen LogP contribution < -0.4 is 10.4 Å². The Kier molecular flexibility index (Phi) is 6.20. The second-order valence-corrected chi connectivity index (χ2v) is 8.58. The van der Waals surface area contributed by atoms with Crippen molar-refractivity contribution in [2.75, 3.05) is 24.5 Å². The Bertz CT molecular complexity index is 1240. The number of carbonyl (C=O) groups excluding carboxylic acids is 4. The van der Waals surface area contributed by atoms with Crippen LogP contribution in [-0.4, -0.2) is 63.8 Å². The van der Waals surface area contributed by atoms with E-state index in [0.717, 1.165) is 35.2 Å². The van der Waals surface area contributed by atoms with Crippen molar-refractivity contribution in [1.29, 1.82) is 0 Å². The van der Waals surface area contributed by atoms with Gasteiger partial charge >= 0.3 is 6.18 Å². The highest BCUT2D eigenvalue weighted by atomic mass is 19.4. The largest absolute Gasteiger partial charge is 0.416 e. The molecule has 0 atom stereocenters. The molecule has 0 aliphatic carbocycles. The lowest BCUT2D eigenvalue weighted by Crippen LogP contribution is -2.81. The molecule has 0 bridgehead atoms. The predicted molar refractivity (Wildman–Crippen MR) is 115 cm³/mol. The van der Waals surface area contributed by atoms with Crippen LogP contribution in [0, 0.1) is 5.82 Å². The molecule has 2 aliphatic rings. The van der Waals surface area contributed by atoms with Gasteiger partial charge in [-0.2, -0.15) is 13.2 Å². The van der Waals surface area contributed by atoms with Gasteiger partial charge in [0.2, 0.25) is 11.8 Å². The maximum atomic E-state index is 14.9. The molecule has 36 heavy (non-hydrogen) atoms. The fourth-order valence-corrected chi connectivity index (χ4v) is 4.36. The van der Waals surface area contributed by atoms with Gasteiger partial charge in [-0.25, -0.2) is 9.87 Å². The Morgan fingerprint density at radius 3 is 2.25 bits per heavy atom. The molecule has 190 valence electrons. The van der Waals surface area contributed by atoms with E-state index in [0.29, 0.717) is 5.56 Å².